The molecule has 0 spiro atoms. The van der Waals surface area contributed by atoms with Gasteiger partial charge in [0.15, 0.2) is 0 Å². The minimum atomic E-state index is -1.08. The number of hydrogen-bond donors (Lipinski definition) is 3. The first-order valence-corrected chi connectivity index (χ1v) is 6.10. The molecule has 0 aliphatic heterocycles. The van der Waals surface area contributed by atoms with Crippen molar-refractivity contribution in [2.75, 3.05) is 5.32 Å². The molecule has 1 amide bonds. The van der Waals surface area contributed by atoms with Crippen LogP contribution in [0.5, 0.6) is 0 Å². The van der Waals surface area contributed by atoms with Gasteiger partial charge in [-0.05, 0) is 23.6 Å². The van der Waals surface area contributed by atoms with E-state index in [2.05, 4.69) is 5.32 Å². The number of carboxylic acid groups (broad SMARTS) is 1. The van der Waals surface area contributed by atoms with Crippen molar-refractivity contribution in [3.05, 3.63) is 28.8 Å². The van der Waals surface area contributed by atoms with E-state index in [0.29, 0.717) is 5.69 Å². The summed E-state index contributed by atoms with van der Waals surface area (Å²) in [4.78, 5) is 22.7. The molecule has 1 atom stereocenters. The quantitative estimate of drug-likeness (QED) is 0.794. The summed E-state index contributed by atoms with van der Waals surface area (Å²) in [6.45, 7) is 5.56. The molecule has 19 heavy (non-hydrogen) atoms. The number of halogens is 1. The molecule has 0 radical (unpaired) electrons. The van der Waals surface area contributed by atoms with E-state index in [1.165, 1.54) is 18.2 Å². The molecule has 1 aromatic carbocycles. The molecule has 0 fully saturated rings. The zero-order valence-electron chi connectivity index (χ0n) is 11.0. The Morgan fingerprint density at radius 1 is 1.37 bits per heavy atom. The summed E-state index contributed by atoms with van der Waals surface area (Å²) in [5.74, 6) is -1.44. The zero-order chi connectivity index (χ0) is 14.8. The SMILES string of the molecule is CC(C)(C)C(N)C(=O)Nc1ccc(C(=O)O)cc1Cl. The van der Waals surface area contributed by atoms with Crippen LogP contribution in [0.2, 0.25) is 5.02 Å². The fraction of sp³-hybridized carbons (Fsp3) is 0.385. The van der Waals surface area contributed by atoms with Gasteiger partial charge in [-0.1, -0.05) is 32.4 Å². The second-order valence-electron chi connectivity index (χ2n) is 5.33. The van der Waals surface area contributed by atoms with Crippen molar-refractivity contribution in [2.24, 2.45) is 11.1 Å². The molecule has 5 nitrogen and oxygen atoms in total. The normalized spacial score (nSPS) is 12.9. The fourth-order valence-corrected chi connectivity index (χ4v) is 1.58. The van der Waals surface area contributed by atoms with Gasteiger partial charge in [-0.2, -0.15) is 0 Å². The third-order valence-electron chi connectivity index (χ3n) is 2.69. The van der Waals surface area contributed by atoms with Gasteiger partial charge < -0.3 is 16.2 Å². The summed E-state index contributed by atoms with van der Waals surface area (Å²) in [6.07, 6.45) is 0. The molecule has 0 aliphatic carbocycles. The lowest BCUT2D eigenvalue weighted by atomic mass is 9.87. The summed E-state index contributed by atoms with van der Waals surface area (Å²) in [6, 6.07) is 3.40. The number of nitrogens with one attached hydrogen (secondary N) is 1. The highest BCUT2D eigenvalue weighted by molar-refractivity contribution is 6.34. The van der Waals surface area contributed by atoms with E-state index in [9.17, 15) is 9.59 Å². The zero-order valence-corrected chi connectivity index (χ0v) is 11.8. The smallest absolute Gasteiger partial charge is 0.335 e. The summed E-state index contributed by atoms with van der Waals surface area (Å²) in [5.41, 5.74) is 5.85. The lowest BCUT2D eigenvalue weighted by Crippen LogP contribution is -2.45. The van der Waals surface area contributed by atoms with Gasteiger partial charge in [-0.3, -0.25) is 4.79 Å². The Bertz CT molecular complexity index is 509. The molecule has 1 aromatic rings. The first-order chi connectivity index (χ1) is 8.62. The maximum absolute atomic E-state index is 11.9. The van der Waals surface area contributed by atoms with Crippen molar-refractivity contribution in [1.29, 1.82) is 0 Å². The second kappa shape index (κ2) is 5.59. The summed E-state index contributed by atoms with van der Waals surface area (Å²) >= 11 is 5.92. The number of carbonyl (C=O) groups excluding carboxylic acids is 1. The van der Waals surface area contributed by atoms with Gasteiger partial charge in [0, 0.05) is 0 Å². The van der Waals surface area contributed by atoms with Crippen LogP contribution in [0.4, 0.5) is 5.69 Å². The molecule has 1 unspecified atom stereocenters. The van der Waals surface area contributed by atoms with Crippen molar-refractivity contribution in [3.63, 3.8) is 0 Å². The monoisotopic (exact) mass is 284 g/mol. The fourth-order valence-electron chi connectivity index (χ4n) is 1.35. The maximum Gasteiger partial charge on any atom is 0.335 e. The molecule has 4 N–H and O–H groups in total. The van der Waals surface area contributed by atoms with E-state index < -0.39 is 12.0 Å². The standard InChI is InChI=1S/C13H17ClN2O3/c1-13(2,3)10(15)11(17)16-9-5-4-7(12(18)19)6-8(9)14/h4-6,10H,15H2,1-3H3,(H,16,17)(H,18,19). The number of carboxylic acids is 1. The predicted octanol–water partition coefficient (Wildman–Crippen LogP) is 2.35. The van der Waals surface area contributed by atoms with E-state index in [0.717, 1.165) is 0 Å². The number of anilines is 1. The van der Waals surface area contributed by atoms with Gasteiger partial charge in [-0.15, -0.1) is 0 Å². The Morgan fingerprint density at radius 2 is 1.95 bits per heavy atom. The van der Waals surface area contributed by atoms with Gasteiger partial charge in [0.25, 0.3) is 0 Å². The summed E-state index contributed by atoms with van der Waals surface area (Å²) in [7, 11) is 0. The summed E-state index contributed by atoms with van der Waals surface area (Å²) < 4.78 is 0. The molecule has 6 heteroatoms. The highest BCUT2D eigenvalue weighted by Gasteiger charge is 2.27. The first-order valence-electron chi connectivity index (χ1n) is 5.72. The molecule has 0 heterocycles. The van der Waals surface area contributed by atoms with Crippen LogP contribution < -0.4 is 11.1 Å². The van der Waals surface area contributed by atoms with Crippen molar-refractivity contribution < 1.29 is 14.7 Å². The molecule has 0 saturated carbocycles. The molecular formula is C13H17ClN2O3. The Hall–Kier alpha value is -1.59. The van der Waals surface area contributed by atoms with Gasteiger partial charge in [-0.25, -0.2) is 4.79 Å². The minimum absolute atomic E-state index is 0.0584. The Morgan fingerprint density at radius 3 is 2.37 bits per heavy atom. The molecule has 0 aliphatic rings. The number of benzene rings is 1. The summed E-state index contributed by atoms with van der Waals surface area (Å²) in [5, 5.41) is 11.6. The van der Waals surface area contributed by atoms with Crippen molar-refractivity contribution in [3.8, 4) is 0 Å². The molecule has 0 saturated heterocycles. The van der Waals surface area contributed by atoms with Crippen LogP contribution in [-0.2, 0) is 4.79 Å². The number of rotatable bonds is 3. The van der Waals surface area contributed by atoms with Crippen LogP contribution in [0.1, 0.15) is 31.1 Å². The van der Waals surface area contributed by atoms with Crippen LogP contribution in [0.25, 0.3) is 0 Å². The van der Waals surface area contributed by atoms with Crippen LogP contribution in [0.3, 0.4) is 0 Å². The predicted molar refractivity (Wildman–Crippen MR) is 74.5 cm³/mol. The van der Waals surface area contributed by atoms with Crippen molar-refractivity contribution in [2.45, 2.75) is 26.8 Å². The number of amides is 1. The number of carbonyl (C=O) groups is 2. The lowest BCUT2D eigenvalue weighted by Gasteiger charge is -2.26. The van der Waals surface area contributed by atoms with Crippen molar-refractivity contribution in [1.82, 2.24) is 0 Å². The van der Waals surface area contributed by atoms with Gasteiger partial charge in [0.1, 0.15) is 0 Å². The molecular weight excluding hydrogens is 268 g/mol. The van der Waals surface area contributed by atoms with Crippen LogP contribution in [0, 0.1) is 5.41 Å². The van der Waals surface area contributed by atoms with Crippen LogP contribution >= 0.6 is 11.6 Å². The lowest BCUT2D eigenvalue weighted by molar-refractivity contribution is -0.119. The molecule has 0 aromatic heterocycles. The highest BCUT2D eigenvalue weighted by atomic mass is 35.5. The number of aromatic carboxylic acids is 1. The van der Waals surface area contributed by atoms with Crippen LogP contribution in [-0.4, -0.2) is 23.0 Å². The maximum atomic E-state index is 11.9. The molecule has 1 rings (SSSR count). The van der Waals surface area contributed by atoms with E-state index in [-0.39, 0.29) is 21.9 Å². The Kier molecular flexibility index (Phi) is 4.55. The van der Waals surface area contributed by atoms with E-state index in [4.69, 9.17) is 22.4 Å². The first kappa shape index (κ1) is 15.5. The van der Waals surface area contributed by atoms with E-state index >= 15 is 0 Å². The average Bonchev–Trinajstić information content (AvgIpc) is 2.29. The Balaban J connectivity index is 2.89. The van der Waals surface area contributed by atoms with Gasteiger partial charge in [0.05, 0.1) is 22.3 Å². The van der Waals surface area contributed by atoms with Crippen molar-refractivity contribution >= 4 is 29.2 Å². The molecule has 104 valence electrons. The second-order valence-corrected chi connectivity index (χ2v) is 5.74. The number of hydrogen-bond acceptors (Lipinski definition) is 3. The van der Waals surface area contributed by atoms with E-state index in [1.54, 1.807) is 0 Å². The molecule has 0 bridgehead atoms. The van der Waals surface area contributed by atoms with Crippen LogP contribution in [0.15, 0.2) is 18.2 Å². The average molecular weight is 285 g/mol. The Labute approximate surface area is 116 Å². The topological polar surface area (TPSA) is 92.4 Å². The third kappa shape index (κ3) is 3.94. The van der Waals surface area contributed by atoms with E-state index in [1.807, 2.05) is 20.8 Å². The third-order valence-corrected chi connectivity index (χ3v) is 3.00. The highest BCUT2D eigenvalue weighted by Crippen LogP contribution is 2.25. The van der Waals surface area contributed by atoms with Gasteiger partial charge in [0.2, 0.25) is 5.91 Å². The minimum Gasteiger partial charge on any atom is -0.478 e. The van der Waals surface area contributed by atoms with Gasteiger partial charge >= 0.3 is 5.97 Å². The number of nitrogens with two attached hydrogens (primary N) is 1. The largest absolute Gasteiger partial charge is 0.478 e.